The van der Waals surface area contributed by atoms with Crippen LogP contribution >= 0.6 is 11.6 Å². The van der Waals surface area contributed by atoms with Gasteiger partial charge in [-0.05, 0) is 48.2 Å². The molecule has 1 amide bonds. The molecule has 1 aliphatic heterocycles. The van der Waals surface area contributed by atoms with Crippen LogP contribution < -0.4 is 5.73 Å². The number of nitrogens with two attached hydrogens (primary N) is 1. The summed E-state index contributed by atoms with van der Waals surface area (Å²) in [5, 5.41) is 0.709. The number of hydrogen-bond acceptors (Lipinski definition) is 2. The van der Waals surface area contributed by atoms with E-state index >= 15 is 0 Å². The van der Waals surface area contributed by atoms with Crippen molar-refractivity contribution in [2.45, 2.75) is 19.9 Å². The number of fused-ring (bicyclic) bond motifs is 1. The fourth-order valence-electron chi connectivity index (χ4n) is 2.68. The van der Waals surface area contributed by atoms with Crippen LogP contribution in [-0.4, -0.2) is 17.4 Å². The molecule has 108 valence electrons. The number of aryl methyl sites for hydroxylation is 1. The minimum absolute atomic E-state index is 0.0280. The van der Waals surface area contributed by atoms with Crippen LogP contribution in [0.3, 0.4) is 0 Å². The Morgan fingerprint density at radius 3 is 2.81 bits per heavy atom. The topological polar surface area (TPSA) is 46.3 Å². The van der Waals surface area contributed by atoms with Crippen molar-refractivity contribution in [2.75, 3.05) is 12.3 Å². The van der Waals surface area contributed by atoms with E-state index in [0.717, 1.165) is 23.1 Å². The number of carbonyl (C=O) groups is 1. The van der Waals surface area contributed by atoms with Gasteiger partial charge in [-0.3, -0.25) is 4.79 Å². The van der Waals surface area contributed by atoms with Crippen molar-refractivity contribution in [3.8, 4) is 0 Å². The Morgan fingerprint density at radius 2 is 2.05 bits per heavy atom. The molecule has 0 unspecified atom stereocenters. The van der Waals surface area contributed by atoms with Gasteiger partial charge in [-0.2, -0.15) is 0 Å². The molecule has 2 aromatic rings. The van der Waals surface area contributed by atoms with Gasteiger partial charge in [-0.1, -0.05) is 29.8 Å². The van der Waals surface area contributed by atoms with E-state index in [1.165, 1.54) is 0 Å². The number of nitrogen functional groups attached to an aromatic ring is 1. The zero-order valence-corrected chi connectivity index (χ0v) is 12.7. The van der Waals surface area contributed by atoms with Gasteiger partial charge in [-0.25, -0.2) is 0 Å². The third-order valence-electron chi connectivity index (χ3n) is 3.87. The summed E-state index contributed by atoms with van der Waals surface area (Å²) >= 11 is 6.26. The summed E-state index contributed by atoms with van der Waals surface area (Å²) < 4.78 is 0. The Morgan fingerprint density at radius 1 is 1.24 bits per heavy atom. The number of carbonyl (C=O) groups excluding carboxylic acids is 1. The van der Waals surface area contributed by atoms with Gasteiger partial charge in [0.2, 0.25) is 0 Å². The van der Waals surface area contributed by atoms with E-state index in [9.17, 15) is 4.79 Å². The number of halogens is 1. The SMILES string of the molecule is Cc1ccc(CN2CCc3ccc(N)cc3C2=O)c(Cl)c1. The Kier molecular flexibility index (Phi) is 3.60. The number of amides is 1. The average molecular weight is 301 g/mol. The fraction of sp³-hybridized carbons (Fsp3) is 0.235. The standard InChI is InChI=1S/C17H17ClN2O/c1-11-2-3-13(16(18)8-11)10-20-7-6-12-4-5-14(19)9-15(12)17(20)21/h2-5,8-9H,6-7,10,19H2,1H3. The second-order valence-electron chi connectivity index (χ2n) is 5.49. The molecule has 1 heterocycles. The first kappa shape index (κ1) is 14.0. The zero-order valence-electron chi connectivity index (χ0n) is 11.9. The molecular weight excluding hydrogens is 284 g/mol. The summed E-state index contributed by atoms with van der Waals surface area (Å²) in [6.45, 7) is 3.24. The van der Waals surface area contributed by atoms with E-state index in [1.807, 2.05) is 42.2 Å². The summed E-state index contributed by atoms with van der Waals surface area (Å²) in [6, 6.07) is 11.5. The molecule has 0 fully saturated rings. The van der Waals surface area contributed by atoms with Gasteiger partial charge < -0.3 is 10.6 Å². The van der Waals surface area contributed by atoms with Gasteiger partial charge in [0.15, 0.2) is 0 Å². The number of anilines is 1. The highest BCUT2D eigenvalue weighted by atomic mass is 35.5. The number of nitrogens with zero attached hydrogens (tertiary/aromatic N) is 1. The number of benzene rings is 2. The van der Waals surface area contributed by atoms with Crippen molar-refractivity contribution in [2.24, 2.45) is 0 Å². The monoisotopic (exact) mass is 300 g/mol. The largest absolute Gasteiger partial charge is 0.399 e. The molecule has 0 aromatic heterocycles. The Bertz CT molecular complexity index is 712. The molecule has 0 spiro atoms. The molecule has 3 rings (SSSR count). The first-order chi connectivity index (χ1) is 10.0. The van der Waals surface area contributed by atoms with Crippen LogP contribution in [0.4, 0.5) is 5.69 Å². The highest BCUT2D eigenvalue weighted by Gasteiger charge is 2.24. The molecule has 2 N–H and O–H groups in total. The summed E-state index contributed by atoms with van der Waals surface area (Å²) in [4.78, 5) is 14.4. The molecule has 21 heavy (non-hydrogen) atoms. The van der Waals surface area contributed by atoms with Crippen LogP contribution in [-0.2, 0) is 13.0 Å². The Balaban J connectivity index is 1.86. The molecular formula is C17H17ClN2O. The molecule has 1 aliphatic rings. The second kappa shape index (κ2) is 5.41. The van der Waals surface area contributed by atoms with Gasteiger partial charge in [-0.15, -0.1) is 0 Å². The first-order valence-corrected chi connectivity index (χ1v) is 7.35. The van der Waals surface area contributed by atoms with Crippen LogP contribution in [0.1, 0.15) is 27.0 Å². The molecule has 0 aliphatic carbocycles. The van der Waals surface area contributed by atoms with Crippen molar-refractivity contribution in [3.05, 3.63) is 63.7 Å². The Hall–Kier alpha value is -2.00. The molecule has 0 saturated carbocycles. The normalized spacial score (nSPS) is 14.2. The van der Waals surface area contributed by atoms with E-state index in [-0.39, 0.29) is 5.91 Å². The summed E-state index contributed by atoms with van der Waals surface area (Å²) in [5.74, 6) is 0.0280. The quantitative estimate of drug-likeness (QED) is 0.864. The fourth-order valence-corrected chi connectivity index (χ4v) is 2.97. The van der Waals surface area contributed by atoms with Crippen LogP contribution in [0, 0.1) is 6.92 Å². The van der Waals surface area contributed by atoms with E-state index < -0.39 is 0 Å². The summed E-state index contributed by atoms with van der Waals surface area (Å²) in [5.41, 5.74) is 10.3. The van der Waals surface area contributed by atoms with Crippen molar-refractivity contribution < 1.29 is 4.79 Å². The van der Waals surface area contributed by atoms with Gasteiger partial charge in [0.05, 0.1) is 0 Å². The molecule has 2 aromatic carbocycles. The van der Waals surface area contributed by atoms with Crippen LogP contribution in [0.2, 0.25) is 5.02 Å². The maximum absolute atomic E-state index is 12.6. The lowest BCUT2D eigenvalue weighted by molar-refractivity contribution is 0.0727. The summed E-state index contributed by atoms with van der Waals surface area (Å²) in [7, 11) is 0. The molecule has 0 bridgehead atoms. The van der Waals surface area contributed by atoms with Crippen molar-refractivity contribution in [1.29, 1.82) is 0 Å². The van der Waals surface area contributed by atoms with E-state index in [0.29, 0.717) is 29.4 Å². The van der Waals surface area contributed by atoms with Crippen LogP contribution in [0.5, 0.6) is 0 Å². The molecule has 4 heteroatoms. The third-order valence-corrected chi connectivity index (χ3v) is 4.22. The molecule has 0 radical (unpaired) electrons. The lowest BCUT2D eigenvalue weighted by Crippen LogP contribution is -2.37. The lowest BCUT2D eigenvalue weighted by Gasteiger charge is -2.29. The third kappa shape index (κ3) is 2.74. The van der Waals surface area contributed by atoms with Gasteiger partial charge in [0.25, 0.3) is 5.91 Å². The van der Waals surface area contributed by atoms with Crippen LogP contribution in [0.25, 0.3) is 0 Å². The minimum atomic E-state index is 0.0280. The maximum Gasteiger partial charge on any atom is 0.254 e. The zero-order chi connectivity index (χ0) is 15.0. The van der Waals surface area contributed by atoms with Gasteiger partial charge >= 0.3 is 0 Å². The summed E-state index contributed by atoms with van der Waals surface area (Å²) in [6.07, 6.45) is 0.852. The maximum atomic E-state index is 12.6. The number of hydrogen-bond donors (Lipinski definition) is 1. The van der Waals surface area contributed by atoms with Crippen molar-refractivity contribution in [3.63, 3.8) is 0 Å². The smallest absolute Gasteiger partial charge is 0.254 e. The predicted molar refractivity (Wildman–Crippen MR) is 85.5 cm³/mol. The van der Waals surface area contributed by atoms with Gasteiger partial charge in [0, 0.05) is 29.4 Å². The van der Waals surface area contributed by atoms with Gasteiger partial charge in [0.1, 0.15) is 0 Å². The first-order valence-electron chi connectivity index (χ1n) is 6.97. The molecule has 3 nitrogen and oxygen atoms in total. The molecule has 0 saturated heterocycles. The van der Waals surface area contributed by atoms with E-state index in [2.05, 4.69) is 0 Å². The van der Waals surface area contributed by atoms with Crippen LogP contribution in [0.15, 0.2) is 36.4 Å². The number of rotatable bonds is 2. The average Bonchev–Trinajstić information content (AvgIpc) is 2.45. The van der Waals surface area contributed by atoms with Crippen molar-refractivity contribution >= 4 is 23.2 Å². The minimum Gasteiger partial charge on any atom is -0.399 e. The van der Waals surface area contributed by atoms with Crippen molar-refractivity contribution in [1.82, 2.24) is 4.90 Å². The predicted octanol–water partition coefficient (Wildman–Crippen LogP) is 3.43. The lowest BCUT2D eigenvalue weighted by atomic mass is 9.98. The Labute approximate surface area is 129 Å². The second-order valence-corrected chi connectivity index (χ2v) is 5.90. The highest BCUT2D eigenvalue weighted by Crippen LogP contribution is 2.25. The van der Waals surface area contributed by atoms with E-state index in [1.54, 1.807) is 6.07 Å². The molecule has 0 atom stereocenters. The van der Waals surface area contributed by atoms with E-state index in [4.69, 9.17) is 17.3 Å². The highest BCUT2D eigenvalue weighted by molar-refractivity contribution is 6.31.